The second kappa shape index (κ2) is 16.2. The smallest absolute Gasteiger partial charge is 0.126 e. The molecule has 4 nitrogen and oxygen atoms in total. The van der Waals surface area contributed by atoms with Crippen molar-refractivity contribution >= 4 is 15.9 Å². The summed E-state index contributed by atoms with van der Waals surface area (Å²) >= 11 is 3.85. The van der Waals surface area contributed by atoms with Crippen molar-refractivity contribution in [2.75, 3.05) is 26.4 Å². The zero-order chi connectivity index (χ0) is 31.6. The van der Waals surface area contributed by atoms with Crippen LogP contribution in [0.3, 0.4) is 0 Å². The molecule has 0 fully saturated rings. The molecule has 5 heteroatoms. The molecule has 1 aliphatic rings. The van der Waals surface area contributed by atoms with Crippen molar-refractivity contribution < 1.29 is 18.9 Å². The van der Waals surface area contributed by atoms with E-state index in [0.29, 0.717) is 39.3 Å². The molecule has 45 heavy (non-hydrogen) atoms. The normalized spacial score (nSPS) is 12.5. The van der Waals surface area contributed by atoms with Crippen molar-refractivity contribution in [3.8, 4) is 23.0 Å². The summed E-state index contributed by atoms with van der Waals surface area (Å²) in [5.74, 6) is 3.89. The minimum absolute atomic E-state index is 0.662. The Labute approximate surface area is 278 Å². The predicted molar refractivity (Wildman–Crippen MR) is 188 cm³/mol. The van der Waals surface area contributed by atoms with Crippen molar-refractivity contribution in [2.45, 2.75) is 79.1 Å². The van der Waals surface area contributed by atoms with E-state index in [-0.39, 0.29) is 0 Å². The van der Waals surface area contributed by atoms with Gasteiger partial charge in [0.05, 0.1) is 26.4 Å². The second-order valence-corrected chi connectivity index (χ2v) is 12.8. The highest BCUT2D eigenvalue weighted by molar-refractivity contribution is 9.10. The Hall–Kier alpha value is -3.44. The van der Waals surface area contributed by atoms with Gasteiger partial charge in [-0.15, -0.1) is 0 Å². The van der Waals surface area contributed by atoms with Gasteiger partial charge < -0.3 is 18.9 Å². The summed E-state index contributed by atoms with van der Waals surface area (Å²) < 4.78 is 27.3. The van der Waals surface area contributed by atoms with E-state index >= 15 is 0 Å². The quantitative estimate of drug-likeness (QED) is 0.132. The summed E-state index contributed by atoms with van der Waals surface area (Å²) in [6, 6.07) is 24.1. The predicted octanol–water partition coefficient (Wildman–Crippen LogP) is 10.3. The standard InChI is InChI=1S/C40H47BrO4/c1-5-18-42-37-28-12-9-13-29(37)23-31-15-11-17-33(39(31)44-20-7-3)25-35-27-36(41)26-34(40(35)45-21-8-4)24-32-16-10-14-30(22-28)38(32)43-19-6-2/h9-17,26-27H,5-8,18-25H2,1-4H3. The van der Waals surface area contributed by atoms with Crippen molar-refractivity contribution in [2.24, 2.45) is 0 Å². The van der Waals surface area contributed by atoms with E-state index in [0.717, 1.165) is 77.1 Å². The van der Waals surface area contributed by atoms with Crippen LogP contribution in [-0.4, -0.2) is 26.4 Å². The highest BCUT2D eigenvalue weighted by Gasteiger charge is 2.22. The molecule has 0 atom stereocenters. The van der Waals surface area contributed by atoms with Crippen LogP contribution in [0.25, 0.3) is 0 Å². The Morgan fingerprint density at radius 2 is 0.667 bits per heavy atom. The summed E-state index contributed by atoms with van der Waals surface area (Å²) in [4.78, 5) is 0. The van der Waals surface area contributed by atoms with Gasteiger partial charge in [0.2, 0.25) is 0 Å². The van der Waals surface area contributed by atoms with E-state index in [2.05, 4.69) is 110 Å². The van der Waals surface area contributed by atoms with Gasteiger partial charge >= 0.3 is 0 Å². The van der Waals surface area contributed by atoms with Gasteiger partial charge in [0, 0.05) is 41.3 Å². The molecule has 8 bridgehead atoms. The number of hydrogen-bond acceptors (Lipinski definition) is 4. The average Bonchev–Trinajstić information content (AvgIpc) is 3.03. The molecule has 238 valence electrons. The monoisotopic (exact) mass is 670 g/mol. The van der Waals surface area contributed by atoms with Gasteiger partial charge in [-0.25, -0.2) is 0 Å². The van der Waals surface area contributed by atoms with Crippen LogP contribution < -0.4 is 18.9 Å². The molecule has 4 aromatic carbocycles. The number of benzene rings is 4. The van der Waals surface area contributed by atoms with Gasteiger partial charge in [0.1, 0.15) is 23.0 Å². The minimum atomic E-state index is 0.662. The molecule has 0 saturated heterocycles. The summed E-state index contributed by atoms with van der Waals surface area (Å²) in [6.07, 6.45) is 6.64. The number of ether oxygens (including phenoxy) is 4. The Bertz CT molecular complexity index is 1470. The van der Waals surface area contributed by atoms with Crippen LogP contribution in [-0.2, 0) is 25.7 Å². The Morgan fingerprint density at radius 3 is 0.933 bits per heavy atom. The molecule has 0 amide bonds. The van der Waals surface area contributed by atoms with E-state index in [4.69, 9.17) is 18.9 Å². The van der Waals surface area contributed by atoms with Crippen LogP contribution >= 0.6 is 15.9 Å². The van der Waals surface area contributed by atoms with E-state index in [1.54, 1.807) is 0 Å². The second-order valence-electron chi connectivity index (χ2n) is 11.9. The molecule has 0 saturated carbocycles. The molecular weight excluding hydrogens is 624 g/mol. The van der Waals surface area contributed by atoms with Gasteiger partial charge in [0.15, 0.2) is 0 Å². The molecule has 0 aliphatic heterocycles. The SMILES string of the molecule is CCCOc1c2cccc1Cc1cccc(c1OCCC)Cc1cc(Br)cc(c1OCCC)Cc1cccc(c1OCCC)C2. The van der Waals surface area contributed by atoms with E-state index in [1.807, 2.05) is 0 Å². The first-order valence-electron chi connectivity index (χ1n) is 16.7. The molecule has 4 aromatic rings. The molecule has 0 heterocycles. The summed E-state index contributed by atoms with van der Waals surface area (Å²) in [7, 11) is 0. The van der Waals surface area contributed by atoms with Crippen molar-refractivity contribution in [1.82, 2.24) is 0 Å². The van der Waals surface area contributed by atoms with Crippen molar-refractivity contribution in [1.29, 1.82) is 0 Å². The lowest BCUT2D eigenvalue weighted by Crippen LogP contribution is -2.10. The van der Waals surface area contributed by atoms with Gasteiger partial charge in [-0.3, -0.25) is 0 Å². The Morgan fingerprint density at radius 1 is 0.422 bits per heavy atom. The fourth-order valence-corrected chi connectivity index (χ4v) is 6.66. The molecule has 5 rings (SSSR count). The fraction of sp³-hybridized carbons (Fsp3) is 0.400. The zero-order valence-electron chi connectivity index (χ0n) is 27.3. The van der Waals surface area contributed by atoms with Gasteiger partial charge in [-0.1, -0.05) is 98.2 Å². The summed E-state index contributed by atoms with van der Waals surface area (Å²) in [5, 5.41) is 0. The van der Waals surface area contributed by atoms with Crippen LogP contribution in [0.2, 0.25) is 0 Å². The van der Waals surface area contributed by atoms with E-state index in [1.165, 1.54) is 33.4 Å². The Kier molecular flexibility index (Phi) is 11.9. The number of para-hydroxylation sites is 3. The number of hydrogen-bond donors (Lipinski definition) is 0. The zero-order valence-corrected chi connectivity index (χ0v) is 28.9. The molecule has 0 N–H and O–H groups in total. The molecular formula is C40H47BrO4. The molecule has 0 spiro atoms. The van der Waals surface area contributed by atoms with Gasteiger partial charge in [0.25, 0.3) is 0 Å². The maximum atomic E-state index is 6.57. The van der Waals surface area contributed by atoms with Crippen LogP contribution in [0.5, 0.6) is 23.0 Å². The summed E-state index contributed by atoms with van der Waals surface area (Å²) in [6.45, 7) is 11.3. The number of halogens is 1. The van der Waals surface area contributed by atoms with Crippen LogP contribution in [0.4, 0.5) is 0 Å². The average molecular weight is 672 g/mol. The largest absolute Gasteiger partial charge is 0.493 e. The lowest BCUT2D eigenvalue weighted by molar-refractivity contribution is 0.304. The first-order valence-corrected chi connectivity index (χ1v) is 17.5. The first-order chi connectivity index (χ1) is 22.1. The number of rotatable bonds is 12. The van der Waals surface area contributed by atoms with Crippen LogP contribution in [0, 0.1) is 0 Å². The van der Waals surface area contributed by atoms with Gasteiger partial charge in [-0.05, 0) is 71.2 Å². The number of fused-ring (bicyclic) bond motifs is 8. The molecule has 1 aliphatic carbocycles. The maximum absolute atomic E-state index is 6.57. The Balaban J connectivity index is 1.76. The van der Waals surface area contributed by atoms with Crippen molar-refractivity contribution in [3.05, 3.63) is 116 Å². The van der Waals surface area contributed by atoms with Gasteiger partial charge in [-0.2, -0.15) is 0 Å². The molecule has 0 radical (unpaired) electrons. The fourth-order valence-electron chi connectivity index (χ4n) is 6.10. The van der Waals surface area contributed by atoms with Crippen molar-refractivity contribution in [3.63, 3.8) is 0 Å². The molecule has 0 unspecified atom stereocenters. The topological polar surface area (TPSA) is 36.9 Å². The third kappa shape index (κ3) is 8.05. The van der Waals surface area contributed by atoms with E-state index in [9.17, 15) is 0 Å². The third-order valence-corrected chi connectivity index (χ3v) is 8.53. The lowest BCUT2D eigenvalue weighted by Gasteiger charge is -2.23. The first kappa shape index (κ1) is 32.9. The minimum Gasteiger partial charge on any atom is -0.493 e. The lowest BCUT2D eigenvalue weighted by atomic mass is 9.91. The van der Waals surface area contributed by atoms with Crippen LogP contribution in [0.15, 0.2) is 71.2 Å². The van der Waals surface area contributed by atoms with Crippen LogP contribution in [0.1, 0.15) is 97.9 Å². The summed E-state index contributed by atoms with van der Waals surface area (Å²) in [5.41, 5.74) is 9.34. The molecule has 0 aromatic heterocycles. The van der Waals surface area contributed by atoms with E-state index < -0.39 is 0 Å². The highest BCUT2D eigenvalue weighted by atomic mass is 79.9. The highest BCUT2D eigenvalue weighted by Crippen LogP contribution is 2.40. The third-order valence-electron chi connectivity index (χ3n) is 8.07. The maximum Gasteiger partial charge on any atom is 0.126 e.